The summed E-state index contributed by atoms with van der Waals surface area (Å²) < 4.78 is 0. The van der Waals surface area contributed by atoms with Gasteiger partial charge in [0.15, 0.2) is 0 Å². The minimum Gasteiger partial charge on any atom is -0.380 e. The zero-order valence-electron chi connectivity index (χ0n) is 15.1. The molecule has 2 aromatic carbocycles. The minimum atomic E-state index is 0.513. The van der Waals surface area contributed by atoms with Crippen molar-refractivity contribution in [1.29, 1.82) is 0 Å². The van der Waals surface area contributed by atoms with Crippen LogP contribution in [0, 0.1) is 0 Å². The second-order valence-corrected chi connectivity index (χ2v) is 7.78. The Labute approximate surface area is 155 Å². The lowest BCUT2D eigenvalue weighted by molar-refractivity contribution is 0.328. The van der Waals surface area contributed by atoms with Crippen LogP contribution in [0.25, 0.3) is 10.8 Å². The highest BCUT2D eigenvalue weighted by atomic mass is 15.2. The zero-order chi connectivity index (χ0) is 17.3. The third kappa shape index (κ3) is 3.32. The van der Waals surface area contributed by atoms with Crippen molar-refractivity contribution in [2.75, 3.05) is 18.4 Å². The molecule has 26 heavy (non-hydrogen) atoms. The molecule has 1 saturated heterocycles. The largest absolute Gasteiger partial charge is 0.380 e. The van der Waals surface area contributed by atoms with Gasteiger partial charge in [-0.3, -0.25) is 9.88 Å². The number of fused-ring (bicyclic) bond motifs is 1. The number of aromatic nitrogens is 1. The van der Waals surface area contributed by atoms with Gasteiger partial charge in [0, 0.05) is 54.5 Å². The molecule has 2 heterocycles. The lowest BCUT2D eigenvalue weighted by Gasteiger charge is -2.18. The standard InChI is InChI=1S/C23H25N3/c1-2-20-14-24-12-10-22(20)23(3-1)25-21-11-13-26(16-21)15-17-4-6-18(7-5-17)19-8-9-19/h1-7,10,12,14,19,21,25H,8-9,11,13,15-16H2/t21-/m1/s1. The smallest absolute Gasteiger partial charge is 0.0423 e. The maximum atomic E-state index is 4.23. The highest BCUT2D eigenvalue weighted by Crippen LogP contribution is 2.40. The average molecular weight is 343 g/mol. The maximum Gasteiger partial charge on any atom is 0.0423 e. The van der Waals surface area contributed by atoms with Gasteiger partial charge >= 0.3 is 0 Å². The van der Waals surface area contributed by atoms with Crippen LogP contribution in [0.3, 0.4) is 0 Å². The minimum absolute atomic E-state index is 0.513. The van der Waals surface area contributed by atoms with E-state index in [4.69, 9.17) is 0 Å². The van der Waals surface area contributed by atoms with Crippen molar-refractivity contribution in [2.45, 2.75) is 37.8 Å². The zero-order valence-corrected chi connectivity index (χ0v) is 15.1. The van der Waals surface area contributed by atoms with E-state index < -0.39 is 0 Å². The van der Waals surface area contributed by atoms with E-state index >= 15 is 0 Å². The fourth-order valence-corrected chi connectivity index (χ4v) is 4.13. The summed E-state index contributed by atoms with van der Waals surface area (Å²) >= 11 is 0. The Morgan fingerprint density at radius 1 is 1.00 bits per heavy atom. The first-order valence-corrected chi connectivity index (χ1v) is 9.76. The Balaban J connectivity index is 1.22. The summed E-state index contributed by atoms with van der Waals surface area (Å²) in [4.78, 5) is 6.80. The fraction of sp³-hybridized carbons (Fsp3) is 0.348. The Kier molecular flexibility index (Phi) is 4.10. The van der Waals surface area contributed by atoms with E-state index in [1.807, 2.05) is 12.4 Å². The van der Waals surface area contributed by atoms with Crippen LogP contribution < -0.4 is 5.32 Å². The van der Waals surface area contributed by atoms with Crippen molar-refractivity contribution < 1.29 is 0 Å². The summed E-state index contributed by atoms with van der Waals surface area (Å²) in [5.74, 6) is 0.848. The van der Waals surface area contributed by atoms with Gasteiger partial charge in [0.1, 0.15) is 0 Å². The average Bonchev–Trinajstić information content (AvgIpc) is 3.44. The van der Waals surface area contributed by atoms with Gasteiger partial charge in [0.05, 0.1) is 0 Å². The molecule has 2 fully saturated rings. The van der Waals surface area contributed by atoms with Gasteiger partial charge in [0.25, 0.3) is 0 Å². The van der Waals surface area contributed by atoms with Gasteiger partial charge in [-0.2, -0.15) is 0 Å². The molecule has 3 nitrogen and oxygen atoms in total. The Morgan fingerprint density at radius 3 is 2.73 bits per heavy atom. The number of likely N-dealkylation sites (tertiary alicyclic amines) is 1. The molecule has 1 saturated carbocycles. The van der Waals surface area contributed by atoms with E-state index in [0.29, 0.717) is 6.04 Å². The van der Waals surface area contributed by atoms with Crippen LogP contribution in [0.5, 0.6) is 0 Å². The molecule has 5 rings (SSSR count). The summed E-state index contributed by atoms with van der Waals surface area (Å²) in [6, 6.07) is 18.4. The quantitative estimate of drug-likeness (QED) is 0.721. The van der Waals surface area contributed by atoms with E-state index in [1.54, 1.807) is 0 Å². The molecule has 132 valence electrons. The van der Waals surface area contributed by atoms with Crippen molar-refractivity contribution in [3.63, 3.8) is 0 Å². The van der Waals surface area contributed by atoms with Gasteiger partial charge in [-0.25, -0.2) is 0 Å². The van der Waals surface area contributed by atoms with Crippen molar-refractivity contribution in [3.8, 4) is 0 Å². The van der Waals surface area contributed by atoms with Gasteiger partial charge < -0.3 is 5.32 Å². The predicted molar refractivity (Wildman–Crippen MR) is 107 cm³/mol. The van der Waals surface area contributed by atoms with Gasteiger partial charge in [-0.15, -0.1) is 0 Å². The van der Waals surface area contributed by atoms with Crippen LogP contribution in [0.1, 0.15) is 36.3 Å². The summed E-state index contributed by atoms with van der Waals surface area (Å²) in [5, 5.41) is 6.22. The monoisotopic (exact) mass is 343 g/mol. The maximum absolute atomic E-state index is 4.23. The van der Waals surface area contributed by atoms with Gasteiger partial charge in [0.2, 0.25) is 0 Å². The van der Waals surface area contributed by atoms with E-state index in [2.05, 4.69) is 63.7 Å². The lowest BCUT2D eigenvalue weighted by Crippen LogP contribution is -2.26. The molecule has 0 radical (unpaired) electrons. The number of rotatable bonds is 5. The third-order valence-electron chi connectivity index (χ3n) is 5.75. The highest BCUT2D eigenvalue weighted by molar-refractivity contribution is 5.93. The third-order valence-corrected chi connectivity index (χ3v) is 5.75. The van der Waals surface area contributed by atoms with Crippen LogP contribution in [-0.2, 0) is 6.54 Å². The van der Waals surface area contributed by atoms with Crippen LogP contribution in [0.2, 0.25) is 0 Å². The molecule has 0 bridgehead atoms. The Morgan fingerprint density at radius 2 is 1.88 bits per heavy atom. The topological polar surface area (TPSA) is 28.2 Å². The first-order chi connectivity index (χ1) is 12.8. The number of hydrogen-bond acceptors (Lipinski definition) is 3. The fourth-order valence-electron chi connectivity index (χ4n) is 4.13. The molecule has 3 aromatic rings. The molecule has 0 spiro atoms. The number of hydrogen-bond donors (Lipinski definition) is 1. The Hall–Kier alpha value is -2.39. The number of nitrogens with one attached hydrogen (secondary N) is 1. The number of benzene rings is 2. The molecule has 1 aliphatic carbocycles. The van der Waals surface area contributed by atoms with Crippen LogP contribution in [-0.4, -0.2) is 29.0 Å². The lowest BCUT2D eigenvalue weighted by atomic mass is 10.1. The SMILES string of the molecule is c1cc(N[C@@H]2CCN(Cc3ccc(C4CC4)cc3)C2)c2ccncc2c1. The second-order valence-electron chi connectivity index (χ2n) is 7.78. The summed E-state index contributed by atoms with van der Waals surface area (Å²) in [7, 11) is 0. The van der Waals surface area contributed by atoms with Crippen LogP contribution in [0.15, 0.2) is 60.9 Å². The summed E-state index contributed by atoms with van der Waals surface area (Å²) in [6.45, 7) is 3.32. The molecular weight excluding hydrogens is 318 g/mol. The normalized spacial score (nSPS) is 20.5. The summed E-state index contributed by atoms with van der Waals surface area (Å²) in [5.41, 5.74) is 4.19. The number of pyridine rings is 1. The van der Waals surface area contributed by atoms with Crippen molar-refractivity contribution >= 4 is 16.5 Å². The predicted octanol–water partition coefficient (Wildman–Crippen LogP) is 4.80. The molecule has 1 N–H and O–H groups in total. The van der Waals surface area contributed by atoms with Crippen LogP contribution in [0.4, 0.5) is 5.69 Å². The highest BCUT2D eigenvalue weighted by Gasteiger charge is 2.24. The molecule has 1 atom stereocenters. The van der Waals surface area contributed by atoms with Gasteiger partial charge in [-0.1, -0.05) is 36.4 Å². The number of anilines is 1. The van der Waals surface area contributed by atoms with Crippen molar-refractivity contribution in [2.24, 2.45) is 0 Å². The number of nitrogens with zero attached hydrogens (tertiary/aromatic N) is 2. The van der Waals surface area contributed by atoms with Gasteiger partial charge in [-0.05, 0) is 48.4 Å². The van der Waals surface area contributed by atoms with Crippen LogP contribution >= 0.6 is 0 Å². The van der Waals surface area contributed by atoms with E-state index in [-0.39, 0.29) is 0 Å². The molecule has 1 aliphatic heterocycles. The molecule has 3 heteroatoms. The first kappa shape index (κ1) is 15.8. The van der Waals surface area contributed by atoms with Crippen molar-refractivity contribution in [1.82, 2.24) is 9.88 Å². The van der Waals surface area contributed by atoms with E-state index in [0.717, 1.165) is 25.6 Å². The van der Waals surface area contributed by atoms with Crippen molar-refractivity contribution in [3.05, 3.63) is 72.1 Å². The molecular formula is C23H25N3. The second kappa shape index (κ2) is 6.73. The Bertz CT molecular complexity index is 893. The molecule has 0 unspecified atom stereocenters. The van der Waals surface area contributed by atoms with E-state index in [1.165, 1.54) is 46.8 Å². The molecule has 0 amide bonds. The first-order valence-electron chi connectivity index (χ1n) is 9.76. The summed E-state index contributed by atoms with van der Waals surface area (Å²) in [6.07, 6.45) is 7.76. The van der Waals surface area contributed by atoms with E-state index in [9.17, 15) is 0 Å². The molecule has 1 aromatic heterocycles. The molecule has 2 aliphatic rings.